The summed E-state index contributed by atoms with van der Waals surface area (Å²) in [6.45, 7) is 6.40. The van der Waals surface area contributed by atoms with E-state index in [0.29, 0.717) is 0 Å². The third kappa shape index (κ3) is 3.04. The summed E-state index contributed by atoms with van der Waals surface area (Å²) in [5.41, 5.74) is 4.07. The van der Waals surface area contributed by atoms with Crippen molar-refractivity contribution in [2.24, 2.45) is 0 Å². The van der Waals surface area contributed by atoms with Crippen LogP contribution in [0.2, 0.25) is 0 Å². The van der Waals surface area contributed by atoms with Gasteiger partial charge in [-0.15, -0.1) is 11.6 Å². The predicted octanol–water partition coefficient (Wildman–Crippen LogP) is 3.86. The van der Waals surface area contributed by atoms with Gasteiger partial charge in [-0.1, -0.05) is 30.7 Å². The molecule has 1 heteroatoms. The molecule has 0 nitrogen and oxygen atoms in total. The summed E-state index contributed by atoms with van der Waals surface area (Å²) in [6, 6.07) is 6.56. The molecule has 1 rings (SSSR count). The maximum Gasteiger partial charge on any atom is 0.0373 e. The van der Waals surface area contributed by atoms with Gasteiger partial charge in [-0.25, -0.2) is 0 Å². The van der Waals surface area contributed by atoms with Crippen LogP contribution in [0.5, 0.6) is 0 Å². The molecule has 0 bridgehead atoms. The van der Waals surface area contributed by atoms with Crippen LogP contribution in [-0.2, 0) is 6.42 Å². The largest absolute Gasteiger partial charge is 0.123 e. The van der Waals surface area contributed by atoms with Gasteiger partial charge in [0, 0.05) is 5.38 Å². The summed E-state index contributed by atoms with van der Waals surface area (Å²) in [7, 11) is 0. The van der Waals surface area contributed by atoms with Crippen molar-refractivity contribution in [2.45, 2.75) is 39.0 Å². The van der Waals surface area contributed by atoms with E-state index in [9.17, 15) is 0 Å². The molecule has 13 heavy (non-hydrogen) atoms. The van der Waals surface area contributed by atoms with E-state index in [2.05, 4.69) is 39.0 Å². The van der Waals surface area contributed by atoms with Gasteiger partial charge in [0.25, 0.3) is 0 Å². The minimum atomic E-state index is 0.279. The van der Waals surface area contributed by atoms with Crippen LogP contribution in [0.1, 0.15) is 30.0 Å². The van der Waals surface area contributed by atoms with Gasteiger partial charge in [-0.3, -0.25) is 0 Å². The Morgan fingerprint density at radius 1 is 1.31 bits per heavy atom. The average Bonchev–Trinajstić information content (AvgIpc) is 2.09. The molecule has 0 aliphatic heterocycles. The number of hydrogen-bond acceptors (Lipinski definition) is 0. The lowest BCUT2D eigenvalue weighted by Crippen LogP contribution is -2.02. The smallest absolute Gasteiger partial charge is 0.0373 e. The van der Waals surface area contributed by atoms with E-state index >= 15 is 0 Å². The van der Waals surface area contributed by atoms with Crippen molar-refractivity contribution in [1.82, 2.24) is 0 Å². The second kappa shape index (κ2) is 4.66. The molecular formula is C12H17Cl. The van der Waals surface area contributed by atoms with E-state index < -0.39 is 0 Å². The highest BCUT2D eigenvalue weighted by Gasteiger charge is 2.05. The summed E-state index contributed by atoms with van der Waals surface area (Å²) in [6.07, 6.45) is 2.03. The molecule has 1 aromatic carbocycles. The van der Waals surface area contributed by atoms with E-state index in [-0.39, 0.29) is 5.38 Å². The van der Waals surface area contributed by atoms with Crippen LogP contribution >= 0.6 is 11.6 Å². The molecule has 1 aromatic rings. The van der Waals surface area contributed by atoms with Crippen LogP contribution in [0, 0.1) is 13.8 Å². The van der Waals surface area contributed by atoms with Gasteiger partial charge in [-0.05, 0) is 37.8 Å². The molecule has 0 amide bonds. The van der Waals surface area contributed by atoms with Gasteiger partial charge in [0.1, 0.15) is 0 Å². The first-order valence-corrected chi connectivity index (χ1v) is 5.27. The molecule has 0 heterocycles. The molecule has 72 valence electrons. The van der Waals surface area contributed by atoms with Crippen molar-refractivity contribution < 1.29 is 0 Å². The number of benzene rings is 1. The monoisotopic (exact) mass is 196 g/mol. The Balaban J connectivity index is 2.77. The molecule has 0 saturated carbocycles. The standard InChI is InChI=1S/C12H17Cl/c1-4-12(13)8-11-6-5-9(2)7-10(11)3/h5-7,12H,4,8H2,1-3H3. The first-order chi connectivity index (χ1) is 6.13. The summed E-state index contributed by atoms with van der Waals surface area (Å²) in [4.78, 5) is 0. The van der Waals surface area contributed by atoms with Crippen molar-refractivity contribution in [3.8, 4) is 0 Å². The van der Waals surface area contributed by atoms with Crippen LogP contribution in [0.4, 0.5) is 0 Å². The topological polar surface area (TPSA) is 0 Å². The van der Waals surface area contributed by atoms with E-state index in [1.54, 1.807) is 0 Å². The Bertz CT molecular complexity index is 278. The van der Waals surface area contributed by atoms with Crippen LogP contribution in [-0.4, -0.2) is 5.38 Å². The van der Waals surface area contributed by atoms with Crippen molar-refractivity contribution in [1.29, 1.82) is 0 Å². The Morgan fingerprint density at radius 2 is 2.00 bits per heavy atom. The van der Waals surface area contributed by atoms with Gasteiger partial charge in [-0.2, -0.15) is 0 Å². The lowest BCUT2D eigenvalue weighted by Gasteiger charge is -2.09. The fraction of sp³-hybridized carbons (Fsp3) is 0.500. The maximum atomic E-state index is 6.11. The number of rotatable bonds is 3. The lowest BCUT2D eigenvalue weighted by atomic mass is 10.0. The summed E-state index contributed by atoms with van der Waals surface area (Å²) in [5.74, 6) is 0. The summed E-state index contributed by atoms with van der Waals surface area (Å²) in [5, 5.41) is 0.279. The maximum absolute atomic E-state index is 6.11. The molecule has 0 saturated heterocycles. The Morgan fingerprint density at radius 3 is 2.54 bits per heavy atom. The van der Waals surface area contributed by atoms with Crippen LogP contribution in [0.3, 0.4) is 0 Å². The quantitative estimate of drug-likeness (QED) is 0.644. The molecule has 0 radical (unpaired) electrons. The molecule has 0 fully saturated rings. The summed E-state index contributed by atoms with van der Waals surface area (Å²) < 4.78 is 0. The second-order valence-corrected chi connectivity index (χ2v) is 4.26. The van der Waals surface area contributed by atoms with Crippen molar-refractivity contribution >= 4 is 11.6 Å². The van der Waals surface area contributed by atoms with Gasteiger partial charge < -0.3 is 0 Å². The SMILES string of the molecule is CCC(Cl)Cc1ccc(C)cc1C. The summed E-state index contributed by atoms with van der Waals surface area (Å²) >= 11 is 6.11. The minimum absolute atomic E-state index is 0.279. The number of alkyl halides is 1. The van der Waals surface area contributed by atoms with Gasteiger partial charge in [0.05, 0.1) is 0 Å². The molecule has 0 aliphatic rings. The lowest BCUT2D eigenvalue weighted by molar-refractivity contribution is 0.801. The van der Waals surface area contributed by atoms with E-state index in [1.165, 1.54) is 16.7 Å². The highest BCUT2D eigenvalue weighted by Crippen LogP contribution is 2.16. The van der Waals surface area contributed by atoms with Gasteiger partial charge in [0.2, 0.25) is 0 Å². The highest BCUT2D eigenvalue weighted by molar-refractivity contribution is 6.20. The van der Waals surface area contributed by atoms with Crippen LogP contribution in [0.15, 0.2) is 18.2 Å². The average molecular weight is 197 g/mol. The zero-order valence-corrected chi connectivity index (χ0v) is 9.36. The van der Waals surface area contributed by atoms with Crippen molar-refractivity contribution in [3.63, 3.8) is 0 Å². The number of hydrogen-bond donors (Lipinski definition) is 0. The molecule has 0 N–H and O–H groups in total. The normalized spacial score (nSPS) is 12.9. The van der Waals surface area contributed by atoms with Crippen molar-refractivity contribution in [2.75, 3.05) is 0 Å². The Hall–Kier alpha value is -0.490. The van der Waals surface area contributed by atoms with E-state index in [1.807, 2.05) is 0 Å². The third-order valence-corrected chi connectivity index (χ3v) is 2.85. The minimum Gasteiger partial charge on any atom is -0.123 e. The Kier molecular flexibility index (Phi) is 3.80. The van der Waals surface area contributed by atoms with Gasteiger partial charge >= 0.3 is 0 Å². The number of aryl methyl sites for hydroxylation is 2. The van der Waals surface area contributed by atoms with Crippen molar-refractivity contribution in [3.05, 3.63) is 34.9 Å². The molecule has 1 atom stereocenters. The molecular weight excluding hydrogens is 180 g/mol. The Labute approximate surface area is 85.9 Å². The molecule has 1 unspecified atom stereocenters. The molecule has 0 aromatic heterocycles. The fourth-order valence-electron chi connectivity index (χ4n) is 1.46. The second-order valence-electron chi connectivity index (χ2n) is 3.64. The zero-order valence-electron chi connectivity index (χ0n) is 8.60. The van der Waals surface area contributed by atoms with Gasteiger partial charge in [0.15, 0.2) is 0 Å². The van der Waals surface area contributed by atoms with E-state index in [4.69, 9.17) is 11.6 Å². The fourth-order valence-corrected chi connectivity index (χ4v) is 1.62. The first kappa shape index (κ1) is 10.6. The molecule has 0 aliphatic carbocycles. The van der Waals surface area contributed by atoms with Crippen LogP contribution in [0.25, 0.3) is 0 Å². The van der Waals surface area contributed by atoms with Crippen LogP contribution < -0.4 is 0 Å². The predicted molar refractivity (Wildman–Crippen MR) is 59.6 cm³/mol. The number of halogens is 1. The van der Waals surface area contributed by atoms with E-state index in [0.717, 1.165) is 12.8 Å². The highest BCUT2D eigenvalue weighted by atomic mass is 35.5. The first-order valence-electron chi connectivity index (χ1n) is 4.83. The zero-order chi connectivity index (χ0) is 9.84. The third-order valence-electron chi connectivity index (χ3n) is 2.38. The molecule has 0 spiro atoms.